The van der Waals surface area contributed by atoms with Gasteiger partial charge in [-0.25, -0.2) is 19.4 Å². The second kappa shape index (κ2) is 12.4. The van der Waals surface area contributed by atoms with E-state index in [1.807, 2.05) is 38.1 Å². The number of benzene rings is 2. The molecule has 0 fully saturated rings. The Bertz CT molecular complexity index is 1600. The van der Waals surface area contributed by atoms with Gasteiger partial charge in [-0.2, -0.15) is 0 Å². The first-order valence-electron chi connectivity index (χ1n) is 13.3. The highest BCUT2D eigenvalue weighted by Gasteiger charge is 2.46. The van der Waals surface area contributed by atoms with Crippen LogP contribution in [0.3, 0.4) is 0 Å². The number of aromatic nitrogens is 1. The van der Waals surface area contributed by atoms with Crippen LogP contribution in [0.5, 0.6) is 0 Å². The Kier molecular flexibility index (Phi) is 8.98. The maximum Gasteiger partial charge on any atom is 0.355 e. The van der Waals surface area contributed by atoms with Crippen molar-refractivity contribution in [3.8, 4) is 0 Å². The summed E-state index contributed by atoms with van der Waals surface area (Å²) >= 11 is 6.73. The van der Waals surface area contributed by atoms with Crippen LogP contribution in [-0.2, 0) is 28.6 Å². The van der Waals surface area contributed by atoms with Gasteiger partial charge in [0.15, 0.2) is 0 Å². The number of ether oxygens (including phenoxy) is 3. The number of esters is 3. The quantitative estimate of drug-likeness (QED) is 0.218. The molecule has 0 spiro atoms. The Balaban J connectivity index is 2.16. The van der Waals surface area contributed by atoms with Crippen molar-refractivity contribution in [2.24, 2.45) is 5.73 Å². The molecular formula is C31H32ClN3O6. The molecule has 1 aliphatic rings. The highest BCUT2D eigenvalue weighted by atomic mass is 35.5. The summed E-state index contributed by atoms with van der Waals surface area (Å²) in [5.74, 6) is -3.81. The van der Waals surface area contributed by atoms with Crippen LogP contribution in [0.15, 0.2) is 71.2 Å². The van der Waals surface area contributed by atoms with Crippen LogP contribution in [0.4, 0.5) is 5.69 Å². The van der Waals surface area contributed by atoms with E-state index in [0.717, 1.165) is 11.1 Å². The summed E-state index contributed by atoms with van der Waals surface area (Å²) < 4.78 is 16.3. The van der Waals surface area contributed by atoms with Crippen LogP contribution in [-0.4, -0.2) is 42.7 Å². The average molecular weight is 578 g/mol. The van der Waals surface area contributed by atoms with Gasteiger partial charge in [-0.05, 0) is 70.0 Å². The third-order valence-electron chi connectivity index (χ3n) is 6.80. The molecule has 1 aromatic heterocycles. The lowest BCUT2D eigenvalue weighted by molar-refractivity contribution is -0.142. The van der Waals surface area contributed by atoms with Crippen molar-refractivity contribution in [3.63, 3.8) is 0 Å². The topological polar surface area (TPSA) is 121 Å². The number of carbonyl (C=O) groups excluding carboxylic acids is 3. The van der Waals surface area contributed by atoms with Crippen LogP contribution < -0.4 is 10.6 Å². The lowest BCUT2D eigenvalue weighted by Crippen LogP contribution is -2.43. The summed E-state index contributed by atoms with van der Waals surface area (Å²) in [6, 6.07) is 14.4. The number of para-hydroxylation sites is 1. The van der Waals surface area contributed by atoms with Crippen molar-refractivity contribution in [1.82, 2.24) is 4.98 Å². The number of hydrogen-bond donors (Lipinski definition) is 1. The first-order valence-corrected chi connectivity index (χ1v) is 13.7. The van der Waals surface area contributed by atoms with E-state index < -0.39 is 23.8 Å². The molecule has 0 saturated heterocycles. The number of aryl methyl sites for hydroxylation is 2. The average Bonchev–Trinajstić information content (AvgIpc) is 2.93. The molecule has 2 aromatic carbocycles. The van der Waals surface area contributed by atoms with E-state index in [2.05, 4.69) is 4.98 Å². The van der Waals surface area contributed by atoms with Crippen LogP contribution >= 0.6 is 11.6 Å². The molecule has 4 rings (SSSR count). The molecule has 0 radical (unpaired) electrons. The van der Waals surface area contributed by atoms with Gasteiger partial charge in [-0.3, -0.25) is 4.90 Å². The van der Waals surface area contributed by atoms with E-state index in [1.165, 1.54) is 4.90 Å². The number of pyridine rings is 1. The monoisotopic (exact) mass is 577 g/mol. The number of fused-ring (bicyclic) bond motifs is 1. The smallest absolute Gasteiger partial charge is 0.355 e. The summed E-state index contributed by atoms with van der Waals surface area (Å²) in [4.78, 5) is 47.0. The van der Waals surface area contributed by atoms with Crippen LogP contribution in [0.2, 0.25) is 5.15 Å². The molecule has 214 valence electrons. The summed E-state index contributed by atoms with van der Waals surface area (Å²) in [5.41, 5.74) is 9.56. The number of nitrogens with two attached hydrogens (primary N) is 1. The van der Waals surface area contributed by atoms with E-state index in [4.69, 9.17) is 31.5 Å². The molecule has 2 heterocycles. The molecule has 1 aliphatic heterocycles. The number of hydrogen-bond acceptors (Lipinski definition) is 9. The van der Waals surface area contributed by atoms with Crippen LogP contribution in [0, 0.1) is 13.8 Å². The van der Waals surface area contributed by atoms with E-state index in [0.29, 0.717) is 16.6 Å². The SMILES string of the molecule is CCOC(=O)C1=C(N)N(c2ccc(C)c(C)c2)C(C(=O)OCC)=C(C(=O)OCC)C1c1cc2ccccc2nc1Cl. The van der Waals surface area contributed by atoms with Gasteiger partial charge in [0.2, 0.25) is 0 Å². The van der Waals surface area contributed by atoms with Crippen molar-refractivity contribution < 1.29 is 28.6 Å². The molecular weight excluding hydrogens is 546 g/mol. The predicted octanol–water partition coefficient (Wildman–Crippen LogP) is 5.22. The molecule has 9 nitrogen and oxygen atoms in total. The van der Waals surface area contributed by atoms with Crippen LogP contribution in [0.25, 0.3) is 10.9 Å². The fraction of sp³-hybridized carbons (Fsp3) is 0.290. The Labute approximate surface area is 243 Å². The lowest BCUT2D eigenvalue weighted by atomic mass is 9.80. The molecule has 1 unspecified atom stereocenters. The largest absolute Gasteiger partial charge is 0.463 e. The van der Waals surface area contributed by atoms with Crippen molar-refractivity contribution in [3.05, 3.63) is 93.0 Å². The summed E-state index contributed by atoms with van der Waals surface area (Å²) in [7, 11) is 0. The zero-order chi connectivity index (χ0) is 29.8. The zero-order valence-corrected chi connectivity index (χ0v) is 24.4. The van der Waals surface area contributed by atoms with Crippen molar-refractivity contribution in [1.29, 1.82) is 0 Å². The van der Waals surface area contributed by atoms with Crippen LogP contribution in [0.1, 0.15) is 43.4 Å². The summed E-state index contributed by atoms with van der Waals surface area (Å²) in [5, 5.41) is 0.721. The van der Waals surface area contributed by atoms with Gasteiger partial charge >= 0.3 is 17.9 Å². The second-order valence-electron chi connectivity index (χ2n) is 9.32. The minimum absolute atomic E-state index is 0.00639. The normalized spacial score (nSPS) is 15.3. The maximum absolute atomic E-state index is 13.8. The van der Waals surface area contributed by atoms with Gasteiger partial charge in [-0.1, -0.05) is 35.9 Å². The van der Waals surface area contributed by atoms with Crippen molar-refractivity contribution >= 4 is 46.1 Å². The van der Waals surface area contributed by atoms with E-state index in [9.17, 15) is 14.4 Å². The highest BCUT2D eigenvalue weighted by Crippen LogP contribution is 2.46. The van der Waals surface area contributed by atoms with Gasteiger partial charge in [0.1, 0.15) is 16.7 Å². The summed E-state index contributed by atoms with van der Waals surface area (Å²) in [6.07, 6.45) is 0. The van der Waals surface area contributed by atoms with Gasteiger partial charge < -0.3 is 19.9 Å². The molecule has 0 amide bonds. The molecule has 1 atom stereocenters. The molecule has 0 aliphatic carbocycles. The maximum atomic E-state index is 13.8. The Morgan fingerprint density at radius 3 is 2.10 bits per heavy atom. The second-order valence-corrected chi connectivity index (χ2v) is 9.68. The Morgan fingerprint density at radius 1 is 0.854 bits per heavy atom. The predicted molar refractivity (Wildman–Crippen MR) is 156 cm³/mol. The molecule has 3 aromatic rings. The molecule has 41 heavy (non-hydrogen) atoms. The standard InChI is InChI=1S/C31H32ClN3O6/c1-6-39-29(36)24-23(21-16-19-11-9-10-12-22(19)34-27(21)32)25(30(37)40-7-2)28(33)35(26(24)31(38)41-8-3)20-14-13-17(4)18(5)15-20/h9-16,23H,6-8,33H2,1-5H3. The first-order chi connectivity index (χ1) is 19.6. The van der Waals surface area contributed by atoms with E-state index in [1.54, 1.807) is 45.0 Å². The summed E-state index contributed by atoms with van der Waals surface area (Å²) in [6.45, 7) is 8.86. The number of anilines is 1. The molecule has 0 bridgehead atoms. The zero-order valence-electron chi connectivity index (χ0n) is 23.6. The van der Waals surface area contributed by atoms with Gasteiger partial charge in [0.05, 0.1) is 42.4 Å². The van der Waals surface area contributed by atoms with E-state index >= 15 is 0 Å². The number of carbonyl (C=O) groups is 3. The third-order valence-corrected chi connectivity index (χ3v) is 7.10. The fourth-order valence-corrected chi connectivity index (χ4v) is 5.06. The van der Waals surface area contributed by atoms with Gasteiger partial charge in [0.25, 0.3) is 0 Å². The Hall–Kier alpha value is -4.37. The van der Waals surface area contributed by atoms with Crippen molar-refractivity contribution in [2.75, 3.05) is 24.7 Å². The van der Waals surface area contributed by atoms with Gasteiger partial charge in [-0.15, -0.1) is 0 Å². The number of halogens is 1. The molecule has 0 saturated carbocycles. The minimum atomic E-state index is -1.25. The van der Waals surface area contributed by atoms with Crippen molar-refractivity contribution in [2.45, 2.75) is 40.5 Å². The lowest BCUT2D eigenvalue weighted by Gasteiger charge is -2.37. The van der Waals surface area contributed by atoms with Gasteiger partial charge in [0, 0.05) is 16.6 Å². The fourth-order valence-electron chi connectivity index (χ4n) is 4.80. The molecule has 2 N–H and O–H groups in total. The highest BCUT2D eigenvalue weighted by molar-refractivity contribution is 6.31. The third kappa shape index (κ3) is 5.63. The number of nitrogens with zero attached hydrogens (tertiary/aromatic N) is 2. The molecule has 10 heteroatoms. The minimum Gasteiger partial charge on any atom is -0.463 e. The Morgan fingerprint density at radius 2 is 1.46 bits per heavy atom. The first kappa shape index (κ1) is 29.6. The van der Waals surface area contributed by atoms with E-state index in [-0.39, 0.29) is 53.2 Å². The number of rotatable bonds is 8.